The number of hydrogen-bond donors (Lipinski definition) is 1. The summed E-state index contributed by atoms with van der Waals surface area (Å²) in [5.74, 6) is -1.37. The molecule has 1 N–H and O–H groups in total. The summed E-state index contributed by atoms with van der Waals surface area (Å²) < 4.78 is 26.7. The van der Waals surface area contributed by atoms with E-state index in [1.54, 1.807) is 12.1 Å². The number of nitrogens with one attached hydrogen (secondary N) is 1. The predicted octanol–water partition coefficient (Wildman–Crippen LogP) is 3.31. The largest absolute Gasteiger partial charge is 0.355 e. The number of rotatable bonds is 10. The Hall–Kier alpha value is -3.98. The zero-order valence-electron chi connectivity index (χ0n) is 21.5. The fraction of sp³-hybridized carbons (Fsp3) is 0.276. The normalized spacial score (nSPS) is 14.6. The summed E-state index contributed by atoms with van der Waals surface area (Å²) in [4.78, 5) is 41.3. The van der Waals surface area contributed by atoms with Crippen LogP contribution in [0.1, 0.15) is 40.4 Å². The molecule has 0 saturated heterocycles. The summed E-state index contributed by atoms with van der Waals surface area (Å²) in [6, 6.07) is 22.3. The molecule has 8 nitrogen and oxygen atoms in total. The third-order valence-electron chi connectivity index (χ3n) is 6.50. The number of sulfonamides is 1. The molecule has 0 unspecified atom stereocenters. The Bertz CT molecular complexity index is 1440. The van der Waals surface area contributed by atoms with Gasteiger partial charge in [0.1, 0.15) is 10.9 Å². The molecule has 0 spiro atoms. The van der Waals surface area contributed by atoms with Crippen molar-refractivity contribution in [2.75, 3.05) is 13.1 Å². The first-order chi connectivity index (χ1) is 18.2. The Morgan fingerprint density at radius 1 is 0.947 bits per heavy atom. The minimum Gasteiger partial charge on any atom is -0.355 e. The van der Waals surface area contributed by atoms with Crippen LogP contribution in [0.25, 0.3) is 0 Å². The zero-order valence-corrected chi connectivity index (χ0v) is 22.3. The number of carbonyl (C=O) groups excluding carboxylic acids is 3. The van der Waals surface area contributed by atoms with E-state index in [4.69, 9.17) is 0 Å². The van der Waals surface area contributed by atoms with Gasteiger partial charge in [-0.3, -0.25) is 14.4 Å². The quantitative estimate of drug-likeness (QED) is 0.431. The molecule has 0 fully saturated rings. The van der Waals surface area contributed by atoms with Gasteiger partial charge in [-0.15, -0.1) is 0 Å². The molecule has 1 aliphatic heterocycles. The highest BCUT2D eigenvalue weighted by molar-refractivity contribution is 7.90. The number of nitrogens with zero attached hydrogens (tertiary/aromatic N) is 2. The van der Waals surface area contributed by atoms with Crippen LogP contribution in [0.3, 0.4) is 0 Å². The molecule has 198 valence electrons. The Balaban J connectivity index is 1.62. The number of aryl methyl sites for hydroxylation is 1. The molecule has 0 radical (unpaired) electrons. The van der Waals surface area contributed by atoms with E-state index in [0.29, 0.717) is 6.54 Å². The molecule has 0 saturated carbocycles. The third kappa shape index (κ3) is 5.78. The summed E-state index contributed by atoms with van der Waals surface area (Å²) in [6.07, 6.45) is 0.0338. The Morgan fingerprint density at radius 3 is 2.32 bits per heavy atom. The van der Waals surface area contributed by atoms with Crippen molar-refractivity contribution in [2.24, 2.45) is 0 Å². The van der Waals surface area contributed by atoms with Crippen molar-refractivity contribution < 1.29 is 22.8 Å². The minimum atomic E-state index is -4.04. The topological polar surface area (TPSA) is 104 Å². The molecule has 0 aromatic heterocycles. The smallest absolute Gasteiger partial charge is 0.269 e. The van der Waals surface area contributed by atoms with Crippen LogP contribution in [0.15, 0.2) is 83.8 Å². The van der Waals surface area contributed by atoms with E-state index >= 15 is 0 Å². The second-order valence-electron chi connectivity index (χ2n) is 9.24. The van der Waals surface area contributed by atoms with E-state index in [1.165, 1.54) is 17.0 Å². The van der Waals surface area contributed by atoms with Crippen LogP contribution in [0, 0.1) is 6.92 Å². The standard InChI is InChI=1S/C29H31N3O5S/c1-3-30-28(34)25(19-22-11-5-4-6-12-22)31(20-23-13-9-10-21(2)18-23)27(33)16-17-32-29(35)24-14-7-8-15-26(24)38(32,36)37/h4-15,18,25H,3,16-17,19-20H2,1-2H3,(H,30,34)/t25-/m1/s1. The van der Waals surface area contributed by atoms with Crippen molar-refractivity contribution in [3.8, 4) is 0 Å². The summed E-state index contributed by atoms with van der Waals surface area (Å²) in [5.41, 5.74) is 2.84. The summed E-state index contributed by atoms with van der Waals surface area (Å²) >= 11 is 0. The lowest BCUT2D eigenvalue weighted by molar-refractivity contribution is -0.141. The van der Waals surface area contributed by atoms with Crippen molar-refractivity contribution in [1.82, 2.24) is 14.5 Å². The van der Waals surface area contributed by atoms with E-state index in [2.05, 4.69) is 5.32 Å². The molecule has 0 aliphatic carbocycles. The van der Waals surface area contributed by atoms with Gasteiger partial charge in [0.15, 0.2) is 0 Å². The minimum absolute atomic E-state index is 0.0571. The van der Waals surface area contributed by atoms with E-state index in [0.717, 1.165) is 21.0 Å². The van der Waals surface area contributed by atoms with Crippen LogP contribution >= 0.6 is 0 Å². The van der Waals surface area contributed by atoms with Gasteiger partial charge < -0.3 is 10.2 Å². The van der Waals surface area contributed by atoms with E-state index in [-0.39, 0.29) is 42.3 Å². The molecule has 1 heterocycles. The fourth-order valence-corrected chi connectivity index (χ4v) is 6.22. The molecule has 1 atom stereocenters. The van der Waals surface area contributed by atoms with Gasteiger partial charge in [0.05, 0.1) is 5.56 Å². The molecular formula is C29H31N3O5S. The number of amides is 3. The first-order valence-electron chi connectivity index (χ1n) is 12.5. The van der Waals surface area contributed by atoms with Gasteiger partial charge in [0.25, 0.3) is 15.9 Å². The zero-order chi connectivity index (χ0) is 27.3. The van der Waals surface area contributed by atoms with Crippen LogP contribution in [-0.2, 0) is 32.6 Å². The van der Waals surface area contributed by atoms with Gasteiger partial charge in [-0.1, -0.05) is 72.3 Å². The van der Waals surface area contributed by atoms with Crippen molar-refractivity contribution >= 4 is 27.7 Å². The summed E-state index contributed by atoms with van der Waals surface area (Å²) in [5, 5.41) is 2.83. The highest BCUT2D eigenvalue weighted by Crippen LogP contribution is 2.30. The average molecular weight is 534 g/mol. The molecule has 4 rings (SSSR count). The lowest BCUT2D eigenvalue weighted by atomic mass is 10.0. The summed E-state index contributed by atoms with van der Waals surface area (Å²) in [6.45, 7) is 4.01. The number of hydrogen-bond acceptors (Lipinski definition) is 5. The Labute approximate surface area is 223 Å². The fourth-order valence-electron chi connectivity index (χ4n) is 4.65. The van der Waals surface area contributed by atoms with Gasteiger partial charge in [-0.05, 0) is 37.1 Å². The maximum Gasteiger partial charge on any atom is 0.269 e. The van der Waals surface area contributed by atoms with Crippen molar-refractivity contribution in [3.63, 3.8) is 0 Å². The summed E-state index contributed by atoms with van der Waals surface area (Å²) in [7, 11) is -4.04. The number of likely N-dealkylation sites (N-methyl/N-ethyl adjacent to an activating group) is 1. The molecule has 38 heavy (non-hydrogen) atoms. The van der Waals surface area contributed by atoms with Crippen LogP contribution in [0.5, 0.6) is 0 Å². The van der Waals surface area contributed by atoms with Crippen molar-refractivity contribution in [1.29, 1.82) is 0 Å². The highest BCUT2D eigenvalue weighted by Gasteiger charge is 2.41. The predicted molar refractivity (Wildman–Crippen MR) is 144 cm³/mol. The van der Waals surface area contributed by atoms with Gasteiger partial charge in [-0.25, -0.2) is 12.7 Å². The third-order valence-corrected chi connectivity index (χ3v) is 8.34. The van der Waals surface area contributed by atoms with E-state index in [9.17, 15) is 22.8 Å². The first-order valence-corrected chi connectivity index (χ1v) is 14.0. The monoisotopic (exact) mass is 533 g/mol. The SMILES string of the molecule is CCNC(=O)[C@@H](Cc1ccccc1)N(Cc1cccc(C)c1)C(=O)CCN1C(=O)c2ccccc2S1(=O)=O. The number of fused-ring (bicyclic) bond motifs is 1. The van der Waals surface area contributed by atoms with Crippen molar-refractivity contribution in [2.45, 2.75) is 44.2 Å². The van der Waals surface area contributed by atoms with Crippen LogP contribution < -0.4 is 5.32 Å². The molecule has 3 aromatic rings. The number of benzene rings is 3. The molecule has 0 bridgehead atoms. The Kier molecular flexibility index (Phi) is 8.26. The van der Waals surface area contributed by atoms with Crippen LogP contribution in [0.2, 0.25) is 0 Å². The maximum absolute atomic E-state index is 13.7. The van der Waals surface area contributed by atoms with Gasteiger partial charge in [0, 0.05) is 32.5 Å². The van der Waals surface area contributed by atoms with Gasteiger partial charge >= 0.3 is 0 Å². The molecule has 3 amide bonds. The first kappa shape index (κ1) is 27.1. The maximum atomic E-state index is 13.7. The Morgan fingerprint density at radius 2 is 1.63 bits per heavy atom. The highest BCUT2D eigenvalue weighted by atomic mass is 32.2. The van der Waals surface area contributed by atoms with E-state index in [1.807, 2.05) is 68.4 Å². The molecular weight excluding hydrogens is 502 g/mol. The van der Waals surface area contributed by atoms with Crippen LogP contribution in [0.4, 0.5) is 0 Å². The second-order valence-corrected chi connectivity index (χ2v) is 11.1. The lowest BCUT2D eigenvalue weighted by Crippen LogP contribution is -2.51. The molecule has 3 aromatic carbocycles. The van der Waals surface area contributed by atoms with Crippen molar-refractivity contribution in [3.05, 3.63) is 101 Å². The van der Waals surface area contributed by atoms with Gasteiger partial charge in [0.2, 0.25) is 11.8 Å². The number of carbonyl (C=O) groups is 3. The van der Waals surface area contributed by atoms with E-state index < -0.39 is 27.9 Å². The van der Waals surface area contributed by atoms with Gasteiger partial charge in [-0.2, -0.15) is 0 Å². The molecule has 1 aliphatic rings. The lowest BCUT2D eigenvalue weighted by Gasteiger charge is -2.32. The second kappa shape index (κ2) is 11.6. The average Bonchev–Trinajstić information content (AvgIpc) is 3.10. The van der Waals surface area contributed by atoms with Crippen LogP contribution in [-0.4, -0.2) is 54.5 Å². The molecule has 9 heteroatoms.